The van der Waals surface area contributed by atoms with Gasteiger partial charge in [-0.1, -0.05) is 0 Å². The molecule has 144 valence electrons. The van der Waals surface area contributed by atoms with E-state index in [0.29, 0.717) is 6.61 Å². The molecule has 0 atom stereocenters. The predicted molar refractivity (Wildman–Crippen MR) is 91.0 cm³/mol. The highest BCUT2D eigenvalue weighted by Crippen LogP contribution is 2.20. The Bertz CT molecular complexity index is 870. The molecule has 3 heterocycles. The Morgan fingerprint density at radius 3 is 2.33 bits per heavy atom. The number of nitrogens with one attached hydrogen (secondary N) is 2. The normalized spacial score (nSPS) is 12.4. The molecular weight excluding hydrogens is 360 g/mol. The summed E-state index contributed by atoms with van der Waals surface area (Å²) in [5.74, 6) is -1.65. The van der Waals surface area contributed by atoms with Crippen molar-refractivity contribution >= 4 is 35.4 Å². The maximum atomic E-state index is 11.5. The van der Waals surface area contributed by atoms with Gasteiger partial charge >= 0.3 is 11.9 Å². The number of aromatic nitrogens is 4. The molecule has 0 radical (unpaired) electrons. The van der Waals surface area contributed by atoms with Crippen molar-refractivity contribution in [3.63, 3.8) is 0 Å². The minimum atomic E-state index is -0.612. The average Bonchev–Trinajstić information content (AvgIpc) is 3.22. The summed E-state index contributed by atoms with van der Waals surface area (Å²) in [6, 6.07) is 0. The Morgan fingerprint density at radius 2 is 1.78 bits per heavy atom. The van der Waals surface area contributed by atoms with Gasteiger partial charge in [-0.3, -0.25) is 14.7 Å². The summed E-state index contributed by atoms with van der Waals surface area (Å²) in [6.45, 7) is 3.95. The van der Waals surface area contributed by atoms with Crippen LogP contribution in [-0.4, -0.2) is 56.9 Å². The minimum absolute atomic E-state index is 0.0831. The molecule has 3 rings (SSSR count). The van der Waals surface area contributed by atoms with Crippen LogP contribution in [0.25, 0.3) is 0 Å². The molecule has 0 spiro atoms. The van der Waals surface area contributed by atoms with Crippen LogP contribution in [0.1, 0.15) is 45.8 Å². The van der Waals surface area contributed by atoms with Crippen molar-refractivity contribution in [1.82, 2.24) is 20.0 Å². The van der Waals surface area contributed by atoms with E-state index in [2.05, 4.69) is 25.3 Å². The van der Waals surface area contributed by atoms with E-state index in [1.165, 1.54) is 12.4 Å². The minimum Gasteiger partial charge on any atom is -0.462 e. The van der Waals surface area contributed by atoms with Crippen molar-refractivity contribution in [2.24, 2.45) is 0 Å². The van der Waals surface area contributed by atoms with Crippen molar-refractivity contribution in [1.29, 1.82) is 0 Å². The molecule has 4 N–H and O–H groups in total. The Balaban J connectivity index is 0.000000208. The maximum absolute atomic E-state index is 11.5. The number of rotatable bonds is 4. The number of aromatic amines is 1. The highest BCUT2D eigenvalue weighted by atomic mass is 16.5. The predicted octanol–water partition coefficient (Wildman–Crippen LogP) is 0.211. The van der Waals surface area contributed by atoms with Crippen LogP contribution in [-0.2, 0) is 14.3 Å². The molecule has 0 unspecified atom stereocenters. The van der Waals surface area contributed by atoms with Gasteiger partial charge in [0.05, 0.1) is 25.6 Å². The number of ether oxygens (including phenoxy) is 2. The molecule has 0 aromatic carbocycles. The summed E-state index contributed by atoms with van der Waals surface area (Å²) >= 11 is 0. The van der Waals surface area contributed by atoms with Crippen LogP contribution in [0.5, 0.6) is 0 Å². The third-order valence-electron chi connectivity index (χ3n) is 3.23. The summed E-state index contributed by atoms with van der Waals surface area (Å²) in [6.07, 6.45) is 2.28. The molecule has 1 aliphatic rings. The lowest BCUT2D eigenvalue weighted by atomic mass is 10.2. The zero-order valence-electron chi connectivity index (χ0n) is 14.6. The van der Waals surface area contributed by atoms with Gasteiger partial charge in [0, 0.05) is 0 Å². The van der Waals surface area contributed by atoms with E-state index in [4.69, 9.17) is 10.5 Å². The molecule has 12 nitrogen and oxygen atoms in total. The number of fused-ring (bicyclic) bond motifs is 1. The van der Waals surface area contributed by atoms with E-state index < -0.39 is 23.8 Å². The Kier molecular flexibility index (Phi) is 6.25. The van der Waals surface area contributed by atoms with Crippen molar-refractivity contribution in [3.05, 3.63) is 23.5 Å². The van der Waals surface area contributed by atoms with Gasteiger partial charge in [-0.15, -0.1) is 0 Å². The average molecular weight is 378 g/mol. The number of nitrogens with zero attached hydrogens (tertiary/aromatic N) is 3. The summed E-state index contributed by atoms with van der Waals surface area (Å²) in [5.41, 5.74) is 5.72. The zero-order valence-corrected chi connectivity index (χ0v) is 14.6. The first-order chi connectivity index (χ1) is 12.9. The maximum Gasteiger partial charge on any atom is 0.343 e. The summed E-state index contributed by atoms with van der Waals surface area (Å²) < 4.78 is 10.4. The van der Waals surface area contributed by atoms with E-state index in [0.717, 1.165) is 4.68 Å². The molecule has 0 aliphatic carbocycles. The van der Waals surface area contributed by atoms with Crippen LogP contribution in [0.3, 0.4) is 0 Å². The Labute approximate surface area is 153 Å². The molecule has 2 aromatic heterocycles. The molecule has 0 saturated heterocycles. The van der Waals surface area contributed by atoms with Gasteiger partial charge in [0.2, 0.25) is 5.91 Å². The Hall–Kier alpha value is -3.70. The molecule has 0 fully saturated rings. The molecular formula is C15H18N6O6. The van der Waals surface area contributed by atoms with Crippen molar-refractivity contribution in [3.8, 4) is 0 Å². The summed E-state index contributed by atoms with van der Waals surface area (Å²) in [5, 5.41) is 12.2. The van der Waals surface area contributed by atoms with Crippen LogP contribution in [0, 0.1) is 0 Å². The Morgan fingerprint density at radius 1 is 1.15 bits per heavy atom. The van der Waals surface area contributed by atoms with Crippen molar-refractivity contribution < 1.29 is 28.7 Å². The van der Waals surface area contributed by atoms with E-state index >= 15 is 0 Å². The number of hydrogen-bond acceptors (Lipinski definition) is 9. The molecule has 27 heavy (non-hydrogen) atoms. The van der Waals surface area contributed by atoms with Gasteiger partial charge in [0.1, 0.15) is 23.4 Å². The SMILES string of the molecule is CCOC(=O)c1cn[nH]c1N.CCOC(=O)c1cnn2c1NC(=O)CC2=O. The van der Waals surface area contributed by atoms with Crippen LogP contribution in [0.2, 0.25) is 0 Å². The van der Waals surface area contributed by atoms with Gasteiger partial charge in [0.25, 0.3) is 5.91 Å². The molecule has 0 bridgehead atoms. The number of H-pyrrole nitrogens is 1. The lowest BCUT2D eigenvalue weighted by Gasteiger charge is -2.13. The van der Waals surface area contributed by atoms with Gasteiger partial charge < -0.3 is 20.5 Å². The number of carbonyl (C=O) groups excluding carboxylic acids is 4. The monoisotopic (exact) mass is 378 g/mol. The molecule has 1 aliphatic heterocycles. The highest BCUT2D eigenvalue weighted by molar-refractivity contribution is 6.12. The van der Waals surface area contributed by atoms with Gasteiger partial charge in [0.15, 0.2) is 5.82 Å². The lowest BCUT2D eigenvalue weighted by Crippen LogP contribution is -2.30. The second kappa shape index (κ2) is 8.60. The number of amides is 1. The smallest absolute Gasteiger partial charge is 0.343 e. The number of hydrogen-bond donors (Lipinski definition) is 3. The quantitative estimate of drug-likeness (QED) is 0.496. The topological polar surface area (TPSA) is 171 Å². The number of nitrogen functional groups attached to an aromatic ring is 1. The highest BCUT2D eigenvalue weighted by Gasteiger charge is 2.28. The first-order valence-electron chi connectivity index (χ1n) is 7.93. The third-order valence-corrected chi connectivity index (χ3v) is 3.23. The molecule has 2 aromatic rings. The van der Waals surface area contributed by atoms with Crippen LogP contribution in [0.15, 0.2) is 12.4 Å². The van der Waals surface area contributed by atoms with E-state index in [1.807, 2.05) is 0 Å². The second-order valence-corrected chi connectivity index (χ2v) is 5.08. The van der Waals surface area contributed by atoms with Crippen LogP contribution >= 0.6 is 0 Å². The first-order valence-corrected chi connectivity index (χ1v) is 7.93. The van der Waals surface area contributed by atoms with Crippen molar-refractivity contribution in [2.45, 2.75) is 20.3 Å². The molecule has 1 amide bonds. The van der Waals surface area contributed by atoms with E-state index in [-0.39, 0.29) is 35.8 Å². The second-order valence-electron chi connectivity index (χ2n) is 5.08. The summed E-state index contributed by atoms with van der Waals surface area (Å²) in [7, 11) is 0. The van der Waals surface area contributed by atoms with Crippen LogP contribution < -0.4 is 11.1 Å². The fourth-order valence-corrected chi connectivity index (χ4v) is 2.07. The third kappa shape index (κ3) is 4.48. The van der Waals surface area contributed by atoms with E-state index in [1.54, 1.807) is 13.8 Å². The molecule has 0 saturated carbocycles. The fourth-order valence-electron chi connectivity index (χ4n) is 2.07. The zero-order chi connectivity index (χ0) is 20.0. The van der Waals surface area contributed by atoms with Gasteiger partial charge in [-0.05, 0) is 13.8 Å². The lowest BCUT2D eigenvalue weighted by molar-refractivity contribution is -0.115. The standard InChI is InChI=1S/C9H9N3O4.C6H9N3O2/c1-2-16-9(15)5-4-10-12-7(14)3-6(13)11-8(5)12;1-2-11-6(10)4-3-8-9-5(4)7/h4H,2-3H2,1H3,(H,11,13);3H,2H2,1H3,(H3,7,8,9). The number of esters is 2. The van der Waals surface area contributed by atoms with Crippen LogP contribution in [0.4, 0.5) is 11.6 Å². The number of nitrogens with two attached hydrogens (primary N) is 1. The largest absolute Gasteiger partial charge is 0.462 e. The first kappa shape index (κ1) is 19.6. The number of carbonyl (C=O) groups is 4. The van der Waals surface area contributed by atoms with Gasteiger partial charge in [-0.2, -0.15) is 14.9 Å². The summed E-state index contributed by atoms with van der Waals surface area (Å²) in [4.78, 5) is 44.9. The molecule has 12 heteroatoms. The van der Waals surface area contributed by atoms with Crippen molar-refractivity contribution in [2.75, 3.05) is 24.3 Å². The number of anilines is 2. The van der Waals surface area contributed by atoms with E-state index in [9.17, 15) is 19.2 Å². The van der Waals surface area contributed by atoms with Gasteiger partial charge in [-0.25, -0.2) is 9.59 Å². The fraction of sp³-hybridized carbons (Fsp3) is 0.333.